The molecule has 0 saturated carbocycles. The molecule has 2 N–H and O–H groups in total. The molecule has 0 unspecified atom stereocenters. The molecule has 0 atom stereocenters. The van der Waals surface area contributed by atoms with Crippen molar-refractivity contribution in [3.63, 3.8) is 0 Å². The third-order valence-electron chi connectivity index (χ3n) is 4.50. The van der Waals surface area contributed by atoms with Crippen molar-refractivity contribution in [1.82, 2.24) is 0 Å². The molecule has 114 valence electrons. The Kier molecular flexibility index (Phi) is 2.87. The van der Waals surface area contributed by atoms with Gasteiger partial charge in [0.2, 0.25) is 0 Å². The van der Waals surface area contributed by atoms with E-state index in [0.717, 1.165) is 27.1 Å². The highest BCUT2D eigenvalue weighted by Crippen LogP contribution is 2.37. The second-order valence-electron chi connectivity index (χ2n) is 6.59. The molecule has 23 heavy (non-hydrogen) atoms. The zero-order valence-corrected chi connectivity index (χ0v) is 13.2. The molecule has 0 aliphatic heterocycles. The fourth-order valence-electron chi connectivity index (χ4n) is 3.42. The molecule has 0 aliphatic rings. The molecule has 0 heterocycles. The summed E-state index contributed by atoms with van der Waals surface area (Å²) in [6, 6.07) is 20.1. The summed E-state index contributed by atoms with van der Waals surface area (Å²) in [5.74, 6) is 0.176. The standard InChI is InChI=1S/C21H18O2/c1-21(2,23)20-12-14(22)11-19-17-8-7-13-5-3-4-6-15(13)16(17)9-10-18(19)20/h3-12,22-23H,1-2H3. The second-order valence-corrected chi connectivity index (χ2v) is 6.59. The van der Waals surface area contributed by atoms with Gasteiger partial charge in [-0.1, -0.05) is 48.5 Å². The summed E-state index contributed by atoms with van der Waals surface area (Å²) in [5, 5.41) is 27.1. The highest BCUT2D eigenvalue weighted by molar-refractivity contribution is 6.17. The molecule has 4 aromatic rings. The highest BCUT2D eigenvalue weighted by Gasteiger charge is 2.20. The molecular weight excluding hydrogens is 284 g/mol. The lowest BCUT2D eigenvalue weighted by Gasteiger charge is -2.21. The van der Waals surface area contributed by atoms with E-state index in [1.54, 1.807) is 26.0 Å². The van der Waals surface area contributed by atoms with Crippen molar-refractivity contribution in [3.05, 3.63) is 66.2 Å². The van der Waals surface area contributed by atoms with E-state index in [0.29, 0.717) is 0 Å². The number of rotatable bonds is 1. The number of benzene rings is 4. The Morgan fingerprint density at radius 3 is 2.13 bits per heavy atom. The Balaban J connectivity index is 2.22. The fraction of sp³-hybridized carbons (Fsp3) is 0.143. The summed E-state index contributed by atoms with van der Waals surface area (Å²) in [7, 11) is 0. The molecule has 0 aliphatic carbocycles. The van der Waals surface area contributed by atoms with Crippen molar-refractivity contribution in [3.8, 4) is 5.75 Å². The van der Waals surface area contributed by atoms with Gasteiger partial charge in [-0.2, -0.15) is 0 Å². The van der Waals surface area contributed by atoms with Gasteiger partial charge in [0.1, 0.15) is 5.75 Å². The van der Waals surface area contributed by atoms with Crippen molar-refractivity contribution < 1.29 is 10.2 Å². The third kappa shape index (κ3) is 2.14. The van der Waals surface area contributed by atoms with Crippen LogP contribution in [0.15, 0.2) is 60.7 Å². The SMILES string of the molecule is CC(C)(O)c1cc(O)cc2c1ccc1c3ccccc3ccc21. The second kappa shape index (κ2) is 4.71. The van der Waals surface area contributed by atoms with E-state index < -0.39 is 5.60 Å². The van der Waals surface area contributed by atoms with E-state index in [-0.39, 0.29) is 5.75 Å². The number of aromatic hydroxyl groups is 1. The van der Waals surface area contributed by atoms with Crippen LogP contribution in [0.25, 0.3) is 32.3 Å². The topological polar surface area (TPSA) is 40.5 Å². The zero-order valence-electron chi connectivity index (χ0n) is 13.2. The van der Waals surface area contributed by atoms with Gasteiger partial charge in [-0.15, -0.1) is 0 Å². The van der Waals surface area contributed by atoms with Gasteiger partial charge in [-0.05, 0) is 63.9 Å². The lowest BCUT2D eigenvalue weighted by Crippen LogP contribution is -2.15. The summed E-state index contributed by atoms with van der Waals surface area (Å²) < 4.78 is 0. The van der Waals surface area contributed by atoms with Gasteiger partial charge in [0.05, 0.1) is 5.60 Å². The zero-order chi connectivity index (χ0) is 16.2. The van der Waals surface area contributed by atoms with Crippen molar-refractivity contribution in [1.29, 1.82) is 0 Å². The Bertz CT molecular complexity index is 1060. The smallest absolute Gasteiger partial charge is 0.116 e. The van der Waals surface area contributed by atoms with Crippen LogP contribution in [0, 0.1) is 0 Å². The normalized spacial score (nSPS) is 12.3. The molecule has 4 rings (SSSR count). The van der Waals surface area contributed by atoms with E-state index in [1.165, 1.54) is 10.8 Å². The van der Waals surface area contributed by atoms with Crippen molar-refractivity contribution in [2.45, 2.75) is 19.4 Å². The number of fused-ring (bicyclic) bond motifs is 5. The molecule has 4 aromatic carbocycles. The summed E-state index contributed by atoms with van der Waals surface area (Å²) in [6.07, 6.45) is 0. The van der Waals surface area contributed by atoms with Gasteiger partial charge < -0.3 is 10.2 Å². The number of phenols is 1. The van der Waals surface area contributed by atoms with Gasteiger partial charge in [-0.3, -0.25) is 0 Å². The van der Waals surface area contributed by atoms with Crippen LogP contribution in [-0.2, 0) is 5.60 Å². The maximum atomic E-state index is 10.4. The lowest BCUT2D eigenvalue weighted by atomic mass is 9.89. The molecule has 0 radical (unpaired) electrons. The molecule has 0 aromatic heterocycles. The van der Waals surface area contributed by atoms with E-state index in [4.69, 9.17) is 0 Å². The first kappa shape index (κ1) is 14.0. The molecule has 0 saturated heterocycles. The fourth-order valence-corrected chi connectivity index (χ4v) is 3.42. The van der Waals surface area contributed by atoms with Gasteiger partial charge in [0, 0.05) is 0 Å². The first-order chi connectivity index (χ1) is 10.9. The minimum atomic E-state index is -1.01. The van der Waals surface area contributed by atoms with Crippen LogP contribution in [0.1, 0.15) is 19.4 Å². The molecule has 0 bridgehead atoms. The number of phenolic OH excluding ortho intramolecular Hbond substituents is 1. The van der Waals surface area contributed by atoms with Gasteiger partial charge in [0.25, 0.3) is 0 Å². The van der Waals surface area contributed by atoms with Crippen LogP contribution in [0.2, 0.25) is 0 Å². The van der Waals surface area contributed by atoms with E-state index in [9.17, 15) is 10.2 Å². The Morgan fingerprint density at radius 1 is 0.696 bits per heavy atom. The van der Waals surface area contributed by atoms with Gasteiger partial charge >= 0.3 is 0 Å². The van der Waals surface area contributed by atoms with Crippen LogP contribution < -0.4 is 0 Å². The minimum Gasteiger partial charge on any atom is -0.508 e. The summed E-state index contributed by atoms with van der Waals surface area (Å²) >= 11 is 0. The molecule has 0 spiro atoms. The van der Waals surface area contributed by atoms with Gasteiger partial charge in [-0.25, -0.2) is 0 Å². The summed E-state index contributed by atoms with van der Waals surface area (Å²) in [6.45, 7) is 3.48. The number of hydrogen-bond donors (Lipinski definition) is 2. The number of hydrogen-bond acceptors (Lipinski definition) is 2. The molecule has 0 amide bonds. The largest absolute Gasteiger partial charge is 0.508 e. The molecule has 2 nitrogen and oxygen atoms in total. The third-order valence-corrected chi connectivity index (χ3v) is 4.50. The monoisotopic (exact) mass is 302 g/mol. The minimum absolute atomic E-state index is 0.176. The Labute approximate surface area is 134 Å². The molecular formula is C21H18O2. The number of aliphatic hydroxyl groups is 1. The highest BCUT2D eigenvalue weighted by atomic mass is 16.3. The van der Waals surface area contributed by atoms with Crippen LogP contribution in [-0.4, -0.2) is 10.2 Å². The summed E-state index contributed by atoms with van der Waals surface area (Å²) in [5.41, 5.74) is -0.274. The molecule has 0 fully saturated rings. The Morgan fingerprint density at radius 2 is 1.35 bits per heavy atom. The first-order valence-electron chi connectivity index (χ1n) is 7.75. The predicted molar refractivity (Wildman–Crippen MR) is 95.9 cm³/mol. The van der Waals surface area contributed by atoms with Crippen LogP contribution in [0.3, 0.4) is 0 Å². The quantitative estimate of drug-likeness (QED) is 0.481. The van der Waals surface area contributed by atoms with E-state index in [1.807, 2.05) is 18.2 Å². The lowest BCUT2D eigenvalue weighted by molar-refractivity contribution is 0.0799. The first-order valence-corrected chi connectivity index (χ1v) is 7.75. The van der Waals surface area contributed by atoms with Crippen molar-refractivity contribution in [2.75, 3.05) is 0 Å². The maximum Gasteiger partial charge on any atom is 0.116 e. The summed E-state index contributed by atoms with van der Waals surface area (Å²) in [4.78, 5) is 0. The van der Waals surface area contributed by atoms with Crippen LogP contribution in [0.5, 0.6) is 5.75 Å². The van der Waals surface area contributed by atoms with Crippen molar-refractivity contribution in [2.24, 2.45) is 0 Å². The van der Waals surface area contributed by atoms with Crippen LogP contribution >= 0.6 is 0 Å². The van der Waals surface area contributed by atoms with E-state index in [2.05, 4.69) is 30.3 Å². The van der Waals surface area contributed by atoms with Crippen molar-refractivity contribution >= 4 is 32.3 Å². The molecule has 2 heteroatoms. The van der Waals surface area contributed by atoms with E-state index >= 15 is 0 Å². The van der Waals surface area contributed by atoms with Gasteiger partial charge in [0.15, 0.2) is 0 Å². The average Bonchev–Trinajstić information content (AvgIpc) is 2.52. The Hall–Kier alpha value is -2.58. The predicted octanol–water partition coefficient (Wildman–Crippen LogP) is 5.08. The maximum absolute atomic E-state index is 10.4. The average molecular weight is 302 g/mol. The van der Waals surface area contributed by atoms with Crippen LogP contribution in [0.4, 0.5) is 0 Å².